The maximum Gasteiger partial charge on any atom is 0.333 e. The number of halogens is 5. The third kappa shape index (κ3) is 4.66. The molecule has 0 aliphatic heterocycles. The lowest BCUT2D eigenvalue weighted by Gasteiger charge is -2.18. The summed E-state index contributed by atoms with van der Waals surface area (Å²) in [6.07, 6.45) is 4.67. The van der Waals surface area contributed by atoms with Gasteiger partial charge < -0.3 is 0 Å². The molecule has 4 heterocycles. The van der Waals surface area contributed by atoms with Crippen LogP contribution in [0.4, 0.5) is 17.6 Å². The fraction of sp³-hybridized carbons (Fsp3) is 0.290. The average Bonchev–Trinajstić information content (AvgIpc) is 3.51. The second-order valence-electron chi connectivity index (χ2n) is 11.0. The smallest absolute Gasteiger partial charge is 0.277 e. The highest BCUT2D eigenvalue weighted by Gasteiger charge is 2.42. The monoisotopic (exact) mass is 610 g/mol. The highest BCUT2D eigenvalue weighted by Crippen LogP contribution is 2.56. The minimum atomic E-state index is -2.75. The summed E-state index contributed by atoms with van der Waals surface area (Å²) in [5.41, 5.74) is 3.44. The van der Waals surface area contributed by atoms with E-state index in [0.29, 0.717) is 33.5 Å². The first-order chi connectivity index (χ1) is 20.4. The predicted octanol–water partition coefficient (Wildman–Crippen LogP) is 7.42. The lowest BCUT2D eigenvalue weighted by Crippen LogP contribution is -2.24. The molecule has 0 amide bonds. The van der Waals surface area contributed by atoms with Crippen molar-refractivity contribution < 1.29 is 17.6 Å². The van der Waals surface area contributed by atoms with E-state index in [-0.39, 0.29) is 39.5 Å². The molecule has 7 nitrogen and oxygen atoms in total. The SMILES string of the molecule is Cc1cnc(-c2cccc(-n3nc(C)c(C)c3C)c2F)c(F)c1-n1c(C)cc([C@@H]2CC2c2cnn(C(F)F)c2)c(Cl)c1=O. The van der Waals surface area contributed by atoms with Gasteiger partial charge in [0.25, 0.3) is 5.56 Å². The molecule has 4 aromatic heterocycles. The number of pyridine rings is 2. The Morgan fingerprint density at radius 3 is 2.42 bits per heavy atom. The third-order valence-electron chi connectivity index (χ3n) is 8.32. The number of hydrogen-bond donors (Lipinski definition) is 0. The molecular formula is C31H27ClF4N6O. The average molecular weight is 611 g/mol. The fourth-order valence-electron chi connectivity index (χ4n) is 5.69. The second-order valence-corrected chi connectivity index (χ2v) is 11.4. The number of hydrogen-bond acceptors (Lipinski definition) is 4. The Labute approximate surface area is 249 Å². The third-order valence-corrected chi connectivity index (χ3v) is 8.70. The van der Waals surface area contributed by atoms with Gasteiger partial charge in [0.15, 0.2) is 11.6 Å². The van der Waals surface area contributed by atoms with E-state index in [1.165, 1.54) is 33.9 Å². The van der Waals surface area contributed by atoms with Gasteiger partial charge in [-0.15, -0.1) is 0 Å². The van der Waals surface area contributed by atoms with E-state index in [1.54, 1.807) is 32.0 Å². The van der Waals surface area contributed by atoms with Crippen LogP contribution in [-0.2, 0) is 0 Å². The van der Waals surface area contributed by atoms with E-state index in [0.717, 1.165) is 17.0 Å². The van der Waals surface area contributed by atoms with Crippen molar-refractivity contribution in [3.05, 3.63) is 109 Å². The topological polar surface area (TPSA) is 70.5 Å². The first-order valence-electron chi connectivity index (χ1n) is 13.6. The van der Waals surface area contributed by atoms with E-state index < -0.39 is 23.7 Å². The minimum absolute atomic E-state index is 0.0833. The quantitative estimate of drug-likeness (QED) is 0.188. The van der Waals surface area contributed by atoms with Crippen LogP contribution in [0.3, 0.4) is 0 Å². The Hall–Kier alpha value is -4.25. The summed E-state index contributed by atoms with van der Waals surface area (Å²) in [5.74, 6) is -1.87. The molecule has 1 aliphatic carbocycles. The molecule has 1 saturated carbocycles. The molecule has 2 atom stereocenters. The summed E-state index contributed by atoms with van der Waals surface area (Å²) in [7, 11) is 0. The summed E-state index contributed by atoms with van der Waals surface area (Å²) >= 11 is 6.59. The summed E-state index contributed by atoms with van der Waals surface area (Å²) in [4.78, 5) is 17.9. The molecule has 0 saturated heterocycles. The number of alkyl halides is 2. The largest absolute Gasteiger partial charge is 0.333 e. The van der Waals surface area contributed by atoms with Crippen LogP contribution >= 0.6 is 11.6 Å². The van der Waals surface area contributed by atoms with E-state index in [1.807, 2.05) is 20.8 Å². The van der Waals surface area contributed by atoms with Gasteiger partial charge in [0.1, 0.15) is 16.4 Å². The standard InChI is InChI=1S/C31H27ClF4N6O/c1-14-11-37-28(20-7-6-8-24(26(20)33)42-18(5)16(3)17(4)39-42)27(34)29(14)41-15(2)9-23(25(32)30(41)43)22-10-21(22)19-12-38-40(13-19)31(35)36/h6-9,11-13,21-22,31H,10H2,1-5H3/t21?,22-/m1/s1. The van der Waals surface area contributed by atoms with Gasteiger partial charge in [-0.3, -0.25) is 14.3 Å². The van der Waals surface area contributed by atoms with Crippen LogP contribution < -0.4 is 5.56 Å². The fourth-order valence-corrected chi connectivity index (χ4v) is 5.97. The van der Waals surface area contributed by atoms with Crippen molar-refractivity contribution in [3.8, 4) is 22.6 Å². The van der Waals surface area contributed by atoms with Gasteiger partial charge in [-0.2, -0.15) is 19.0 Å². The maximum atomic E-state index is 16.4. The number of nitrogens with zero attached hydrogens (tertiary/aromatic N) is 6. The zero-order valence-electron chi connectivity index (χ0n) is 24.0. The Kier molecular flexibility index (Phi) is 7.03. The van der Waals surface area contributed by atoms with Crippen molar-refractivity contribution in [2.45, 2.75) is 59.4 Å². The molecule has 0 bridgehead atoms. The first kappa shape index (κ1) is 28.9. The molecule has 1 fully saturated rings. The van der Waals surface area contributed by atoms with Crippen molar-refractivity contribution in [2.24, 2.45) is 0 Å². The van der Waals surface area contributed by atoms with Crippen LogP contribution in [0.1, 0.15) is 64.1 Å². The van der Waals surface area contributed by atoms with Gasteiger partial charge in [-0.05, 0) is 93.3 Å². The van der Waals surface area contributed by atoms with Crippen LogP contribution in [0, 0.1) is 46.3 Å². The van der Waals surface area contributed by atoms with Crippen molar-refractivity contribution in [1.82, 2.24) is 29.1 Å². The Bertz CT molecular complexity index is 1980. The highest BCUT2D eigenvalue weighted by atomic mass is 35.5. The van der Waals surface area contributed by atoms with Crippen LogP contribution in [-0.4, -0.2) is 29.1 Å². The number of rotatable bonds is 6. The van der Waals surface area contributed by atoms with Gasteiger partial charge in [0.05, 0.1) is 17.6 Å². The lowest BCUT2D eigenvalue weighted by molar-refractivity contribution is 0.0565. The Morgan fingerprint density at radius 1 is 1.02 bits per heavy atom. The zero-order chi connectivity index (χ0) is 30.9. The highest BCUT2D eigenvalue weighted by molar-refractivity contribution is 6.31. The van der Waals surface area contributed by atoms with Gasteiger partial charge >= 0.3 is 6.55 Å². The molecule has 0 N–H and O–H groups in total. The van der Waals surface area contributed by atoms with Crippen molar-refractivity contribution in [1.29, 1.82) is 0 Å². The Balaban J connectivity index is 1.42. The number of aryl methyl sites for hydroxylation is 3. The number of benzene rings is 1. The van der Waals surface area contributed by atoms with Crippen molar-refractivity contribution in [2.75, 3.05) is 0 Å². The zero-order valence-corrected chi connectivity index (χ0v) is 24.7. The summed E-state index contributed by atoms with van der Waals surface area (Å²) in [6.45, 7) is 6.06. The molecular weight excluding hydrogens is 584 g/mol. The van der Waals surface area contributed by atoms with E-state index in [9.17, 15) is 13.6 Å². The first-order valence-corrected chi connectivity index (χ1v) is 14.0. The molecule has 5 aromatic rings. The molecule has 222 valence electrons. The van der Waals surface area contributed by atoms with Crippen LogP contribution in [0.2, 0.25) is 5.02 Å². The summed E-state index contributed by atoms with van der Waals surface area (Å²) < 4.78 is 61.5. The molecule has 0 radical (unpaired) electrons. The van der Waals surface area contributed by atoms with Crippen molar-refractivity contribution in [3.63, 3.8) is 0 Å². The molecule has 43 heavy (non-hydrogen) atoms. The van der Waals surface area contributed by atoms with E-state index in [2.05, 4.69) is 15.2 Å². The van der Waals surface area contributed by atoms with Crippen LogP contribution in [0.5, 0.6) is 0 Å². The van der Waals surface area contributed by atoms with E-state index in [4.69, 9.17) is 11.6 Å². The molecule has 6 rings (SSSR count). The molecule has 12 heteroatoms. The second kappa shape index (κ2) is 10.5. The lowest BCUT2D eigenvalue weighted by atomic mass is 10.0. The summed E-state index contributed by atoms with van der Waals surface area (Å²) in [5, 5.41) is 8.04. The van der Waals surface area contributed by atoms with Gasteiger partial charge in [-0.1, -0.05) is 17.7 Å². The maximum absolute atomic E-state index is 16.4. The number of aromatic nitrogens is 6. The van der Waals surface area contributed by atoms with Gasteiger partial charge in [0, 0.05) is 29.3 Å². The normalized spacial score (nSPS) is 16.3. The molecule has 0 spiro atoms. The van der Waals surface area contributed by atoms with E-state index >= 15 is 8.78 Å². The summed E-state index contributed by atoms with van der Waals surface area (Å²) in [6, 6.07) is 6.29. The van der Waals surface area contributed by atoms with Crippen LogP contribution in [0.25, 0.3) is 22.6 Å². The van der Waals surface area contributed by atoms with Gasteiger partial charge in [0.2, 0.25) is 0 Å². The van der Waals surface area contributed by atoms with Gasteiger partial charge in [-0.25, -0.2) is 18.1 Å². The minimum Gasteiger partial charge on any atom is -0.277 e. The molecule has 1 aliphatic rings. The Morgan fingerprint density at radius 2 is 1.77 bits per heavy atom. The van der Waals surface area contributed by atoms with Crippen molar-refractivity contribution >= 4 is 11.6 Å². The van der Waals surface area contributed by atoms with Crippen LogP contribution in [0.15, 0.2) is 47.7 Å². The molecule has 1 aromatic carbocycles. The predicted molar refractivity (Wildman–Crippen MR) is 155 cm³/mol. The molecule has 1 unspecified atom stereocenters.